The summed E-state index contributed by atoms with van der Waals surface area (Å²) in [5, 5.41) is 44.6. The largest absolute Gasteiger partial charge is 0.504 e. The molecule has 1 unspecified atom stereocenters. The summed E-state index contributed by atoms with van der Waals surface area (Å²) in [4.78, 5) is 77.3. The number of anilines is 3. The van der Waals surface area contributed by atoms with Crippen LogP contribution < -0.4 is 21.4 Å². The van der Waals surface area contributed by atoms with Gasteiger partial charge in [-0.25, -0.2) is 19.1 Å². The highest BCUT2D eigenvalue weighted by atomic mass is 35.5. The first kappa shape index (κ1) is 37.8. The minimum atomic E-state index is -1.42. The molecule has 0 radical (unpaired) electrons. The molecule has 9 N–H and O–H groups in total. The average Bonchev–Trinajstić information content (AvgIpc) is 3.44. The number of thiazole rings is 1. The van der Waals surface area contributed by atoms with Crippen molar-refractivity contribution >= 4 is 86.5 Å². The number of nitrogens with two attached hydrogens (primary N) is 2. The fourth-order valence-electron chi connectivity index (χ4n) is 5.33. The molecular formula is C31H32ClN8O10S2+. The molecule has 1 amide bonds. The van der Waals surface area contributed by atoms with Crippen molar-refractivity contribution in [3.8, 4) is 11.5 Å². The van der Waals surface area contributed by atoms with Gasteiger partial charge in [-0.2, -0.15) is 0 Å². The van der Waals surface area contributed by atoms with Crippen LogP contribution in [0, 0.1) is 5.92 Å². The second kappa shape index (κ2) is 15.8. The van der Waals surface area contributed by atoms with Crippen molar-refractivity contribution in [1.29, 1.82) is 0 Å². The van der Waals surface area contributed by atoms with Crippen LogP contribution in [0.3, 0.4) is 0 Å². The third-order valence-corrected chi connectivity index (χ3v) is 10.5. The molecule has 18 nitrogen and oxygen atoms in total. The molecule has 0 bridgehead atoms. The fraction of sp³-hybridized carbons (Fsp3) is 0.323. The molecule has 0 saturated carbocycles. The predicted molar refractivity (Wildman–Crippen MR) is 188 cm³/mol. The van der Waals surface area contributed by atoms with Gasteiger partial charge >= 0.3 is 11.9 Å². The Labute approximate surface area is 307 Å². The Balaban J connectivity index is 1.25. The molecule has 274 valence electrons. The lowest BCUT2D eigenvalue weighted by Crippen LogP contribution is -2.62. The number of halogens is 1. The van der Waals surface area contributed by atoms with Crippen molar-refractivity contribution in [3.05, 3.63) is 57.6 Å². The first-order valence-corrected chi connectivity index (χ1v) is 17.7. The highest BCUT2D eigenvalue weighted by Crippen LogP contribution is 2.45. The van der Waals surface area contributed by atoms with Gasteiger partial charge in [-0.05, 0) is 36.5 Å². The van der Waals surface area contributed by atoms with E-state index < -0.39 is 58.9 Å². The second-order valence-corrected chi connectivity index (χ2v) is 14.3. The van der Waals surface area contributed by atoms with Gasteiger partial charge in [-0.1, -0.05) is 28.1 Å². The number of amides is 1. The van der Waals surface area contributed by atoms with Crippen molar-refractivity contribution in [3.63, 3.8) is 0 Å². The molecule has 0 aliphatic carbocycles. The zero-order chi connectivity index (χ0) is 37.9. The van der Waals surface area contributed by atoms with Gasteiger partial charge in [-0.15, -0.1) is 11.8 Å². The third-order valence-electron chi connectivity index (χ3n) is 7.99. The highest BCUT2D eigenvalue weighted by Gasteiger charge is 2.54. The van der Waals surface area contributed by atoms with Crippen LogP contribution in [0.1, 0.15) is 42.2 Å². The smallest absolute Gasteiger partial charge is 0.352 e. The van der Waals surface area contributed by atoms with Crippen LogP contribution in [0.2, 0.25) is 4.34 Å². The molecular weight excluding hydrogens is 744 g/mol. The molecule has 1 aromatic carbocycles. The number of thioether (sulfide) groups is 1. The van der Waals surface area contributed by atoms with Gasteiger partial charge in [0.1, 0.15) is 34.2 Å². The number of phenols is 2. The SMILES string of the molecule is C[C@H](O/N=C(\C(=O)C[C@@H]1C(=O)N2C(C(=O)O)=C(C[n+]3cnc(N)c(NCCCC(=O)c4ccc(O)c(O)c4)c3)CSC12)c1nc(N)sc1Cl)C(=O)O. The Morgan fingerprint density at radius 2 is 1.96 bits per heavy atom. The molecule has 2 aliphatic rings. The van der Waals surface area contributed by atoms with Crippen LogP contribution in [0.5, 0.6) is 11.5 Å². The van der Waals surface area contributed by atoms with E-state index >= 15 is 0 Å². The van der Waals surface area contributed by atoms with Crippen LogP contribution in [0.25, 0.3) is 0 Å². The first-order valence-electron chi connectivity index (χ1n) is 15.4. The topological polar surface area (TPSA) is 285 Å². The van der Waals surface area contributed by atoms with E-state index in [0.717, 1.165) is 16.2 Å². The van der Waals surface area contributed by atoms with E-state index in [1.54, 1.807) is 10.8 Å². The molecule has 1 saturated heterocycles. The van der Waals surface area contributed by atoms with Crippen molar-refractivity contribution in [2.45, 2.75) is 44.2 Å². The molecule has 2 aromatic heterocycles. The minimum Gasteiger partial charge on any atom is -0.504 e. The van der Waals surface area contributed by atoms with Gasteiger partial charge in [0.15, 0.2) is 33.9 Å². The quantitative estimate of drug-likeness (QED) is 0.0208. The summed E-state index contributed by atoms with van der Waals surface area (Å²) < 4.78 is 1.60. The number of nitrogen functional groups attached to an aromatic ring is 2. The van der Waals surface area contributed by atoms with Gasteiger partial charge in [0.25, 0.3) is 12.1 Å². The number of aliphatic carboxylic acids is 2. The Morgan fingerprint density at radius 1 is 1.21 bits per heavy atom. The number of hydrogen-bond acceptors (Lipinski definition) is 16. The predicted octanol–water partition coefficient (Wildman–Crippen LogP) is 1.85. The summed E-state index contributed by atoms with van der Waals surface area (Å²) >= 11 is 8.31. The summed E-state index contributed by atoms with van der Waals surface area (Å²) in [6, 6.07) is 3.84. The lowest BCUT2D eigenvalue weighted by atomic mass is 9.89. The molecule has 1 fully saturated rings. The molecule has 0 spiro atoms. The molecule has 52 heavy (non-hydrogen) atoms. The normalized spacial score (nSPS) is 17.6. The number of carboxylic acid groups (broad SMARTS) is 2. The maximum absolute atomic E-state index is 13.4. The van der Waals surface area contributed by atoms with Crippen LogP contribution in [-0.2, 0) is 30.6 Å². The number of carboxylic acids is 2. The monoisotopic (exact) mass is 775 g/mol. The summed E-state index contributed by atoms with van der Waals surface area (Å²) in [7, 11) is 0. The number of aromatic nitrogens is 3. The Morgan fingerprint density at radius 3 is 2.62 bits per heavy atom. The van der Waals surface area contributed by atoms with Crippen molar-refractivity contribution in [2.24, 2.45) is 11.1 Å². The number of carbonyl (C=O) groups excluding carboxylic acids is 3. The van der Waals surface area contributed by atoms with E-state index in [-0.39, 0.29) is 62.5 Å². The molecule has 2 aliphatic heterocycles. The van der Waals surface area contributed by atoms with E-state index in [1.807, 2.05) is 0 Å². The average molecular weight is 776 g/mol. The van der Waals surface area contributed by atoms with Crippen LogP contribution in [-0.4, -0.2) is 94.2 Å². The number of ketones is 2. The minimum absolute atomic E-state index is 0.00106. The van der Waals surface area contributed by atoms with E-state index in [0.29, 0.717) is 24.2 Å². The Kier molecular flexibility index (Phi) is 11.5. The van der Waals surface area contributed by atoms with Crippen LogP contribution in [0.15, 0.2) is 47.1 Å². The number of fused-ring (bicyclic) bond motifs is 1. The molecule has 21 heteroatoms. The van der Waals surface area contributed by atoms with Crippen molar-refractivity contribution < 1.29 is 53.8 Å². The zero-order valence-electron chi connectivity index (χ0n) is 27.2. The summed E-state index contributed by atoms with van der Waals surface area (Å²) in [5.74, 6) is -5.54. The molecule has 3 atom stereocenters. The Bertz CT molecular complexity index is 2020. The second-order valence-electron chi connectivity index (χ2n) is 11.6. The number of carbonyl (C=O) groups is 5. The summed E-state index contributed by atoms with van der Waals surface area (Å²) in [6.45, 7) is 1.57. The van der Waals surface area contributed by atoms with Gasteiger partial charge in [-0.3, -0.25) is 19.3 Å². The van der Waals surface area contributed by atoms with E-state index in [4.69, 9.17) is 33.0 Å². The number of nitrogens with zero attached hydrogens (tertiary/aromatic N) is 5. The number of aromatic hydroxyl groups is 2. The fourth-order valence-corrected chi connectivity index (χ4v) is 7.66. The van der Waals surface area contributed by atoms with Gasteiger partial charge in [0.05, 0.1) is 11.3 Å². The van der Waals surface area contributed by atoms with Gasteiger partial charge in [0.2, 0.25) is 12.0 Å². The van der Waals surface area contributed by atoms with E-state index in [2.05, 4.69) is 20.4 Å². The lowest BCUT2D eigenvalue weighted by Gasteiger charge is -2.49. The summed E-state index contributed by atoms with van der Waals surface area (Å²) in [6.07, 6.45) is 1.74. The molecule has 4 heterocycles. The van der Waals surface area contributed by atoms with Crippen LogP contribution in [0.4, 0.5) is 16.6 Å². The highest BCUT2D eigenvalue weighted by molar-refractivity contribution is 8.00. The Hall–Kier alpha value is -5.47. The number of Topliss-reactive ketones (excluding diaryl/α,β-unsaturated/α-hetero) is 2. The number of rotatable bonds is 16. The third kappa shape index (κ3) is 8.19. The van der Waals surface area contributed by atoms with Gasteiger partial charge < -0.3 is 42.0 Å². The number of β-lactam (4-membered cyclic amide) rings is 1. The zero-order valence-corrected chi connectivity index (χ0v) is 29.6. The van der Waals surface area contributed by atoms with Crippen LogP contribution >= 0.6 is 34.7 Å². The van der Waals surface area contributed by atoms with Crippen molar-refractivity contribution in [2.75, 3.05) is 29.1 Å². The maximum Gasteiger partial charge on any atom is 0.352 e. The van der Waals surface area contributed by atoms with Gasteiger partial charge in [0, 0.05) is 36.3 Å². The standard InChI is InChI=1S/C31H31ClN8O10S2/c1-13(29(46)47)50-38-22(23-25(32)52-31(34)37-23)21(44)8-16-27(45)40-24(30(48)49)15(11-51-28(16)40)9-39-10-17(26(33)36-12-39)35-6-2-3-18(41)14-4-5-19(42)20(43)7-14/h4-5,7,10,12-13,16,28,33,35H,2-3,6,8-9,11H2,1H3,(H6,34,37,38,41,42,43,44,46,47,48,49)/p+1/t13-,16+,28?/m0/s1. The lowest BCUT2D eigenvalue weighted by molar-refractivity contribution is -0.691. The van der Waals surface area contributed by atoms with E-state index in [9.17, 15) is 39.3 Å². The van der Waals surface area contributed by atoms with E-state index in [1.165, 1.54) is 43.2 Å². The number of nitrogens with one attached hydrogen (secondary N) is 1. The number of benzene rings is 1. The molecule has 5 rings (SSSR count). The maximum atomic E-state index is 13.4. The number of oxime groups is 1. The number of hydrogen-bond donors (Lipinski definition) is 7. The summed E-state index contributed by atoms with van der Waals surface area (Å²) in [5.41, 5.74) is 12.1. The number of phenolic OH excluding ortho intramolecular Hbond substituents is 2. The first-order chi connectivity index (χ1) is 24.7. The molecule has 3 aromatic rings. The van der Waals surface area contributed by atoms with Crippen molar-refractivity contribution in [1.82, 2.24) is 14.9 Å².